The van der Waals surface area contributed by atoms with E-state index in [9.17, 15) is 5.26 Å². The molecule has 0 fully saturated rings. The van der Waals surface area contributed by atoms with Crippen molar-refractivity contribution in [3.63, 3.8) is 0 Å². The highest BCUT2D eigenvalue weighted by molar-refractivity contribution is 5.38. The largest absolute Gasteiger partial charge is 0.345 e. The molecule has 0 saturated heterocycles. The van der Waals surface area contributed by atoms with Gasteiger partial charge in [-0.3, -0.25) is 0 Å². The Balaban J connectivity index is 3.12. The van der Waals surface area contributed by atoms with Crippen LogP contribution in [0.25, 0.3) is 0 Å². The number of nitriles is 1. The molecular formula is C14H17NO2. The Bertz CT molecular complexity index is 474. The van der Waals surface area contributed by atoms with Gasteiger partial charge in [-0.1, -0.05) is 24.8 Å². The minimum absolute atomic E-state index is 0.187. The Labute approximate surface area is 102 Å². The van der Waals surface area contributed by atoms with E-state index in [4.69, 9.17) is 5.26 Å². The van der Waals surface area contributed by atoms with Gasteiger partial charge in [-0.15, -0.1) is 0 Å². The molecule has 0 heterocycles. The van der Waals surface area contributed by atoms with Crippen molar-refractivity contribution in [3.05, 3.63) is 47.2 Å². The minimum atomic E-state index is -0.738. The topological polar surface area (TPSA) is 53.2 Å². The van der Waals surface area contributed by atoms with Gasteiger partial charge in [-0.2, -0.15) is 5.26 Å². The van der Waals surface area contributed by atoms with Gasteiger partial charge in [0.2, 0.25) is 0 Å². The van der Waals surface area contributed by atoms with Crippen LogP contribution in [-0.4, -0.2) is 5.26 Å². The minimum Gasteiger partial charge on any atom is -0.345 e. The summed E-state index contributed by atoms with van der Waals surface area (Å²) in [7, 11) is 0. The second kappa shape index (κ2) is 5.03. The van der Waals surface area contributed by atoms with Crippen LogP contribution in [0.15, 0.2) is 30.5 Å². The fraction of sp³-hybridized carbons (Fsp3) is 0.357. The van der Waals surface area contributed by atoms with E-state index in [1.165, 1.54) is 5.56 Å². The molecule has 1 rings (SSSR count). The van der Waals surface area contributed by atoms with Gasteiger partial charge in [-0.05, 0) is 37.5 Å². The monoisotopic (exact) mass is 231 g/mol. The lowest BCUT2D eigenvalue weighted by Crippen LogP contribution is -2.21. The molecule has 90 valence electrons. The molecule has 1 N–H and O–H groups in total. The summed E-state index contributed by atoms with van der Waals surface area (Å²) in [6, 6.07) is 8.16. The number of nitrogens with zero attached hydrogens (tertiary/aromatic N) is 1. The summed E-state index contributed by atoms with van der Waals surface area (Å²) < 4.78 is 0. The first-order chi connectivity index (χ1) is 7.92. The SMILES string of the molecule is C=C(C[C@](C)(C#N)c1ccc(C)c(C)c1)OO. The van der Waals surface area contributed by atoms with Gasteiger partial charge >= 0.3 is 0 Å². The normalized spacial score (nSPS) is 13.6. The van der Waals surface area contributed by atoms with E-state index in [2.05, 4.69) is 17.5 Å². The summed E-state index contributed by atoms with van der Waals surface area (Å²) >= 11 is 0. The summed E-state index contributed by atoms with van der Waals surface area (Å²) in [5.74, 6) is 0.187. The highest BCUT2D eigenvalue weighted by Gasteiger charge is 2.28. The third-order valence-electron chi connectivity index (χ3n) is 3.07. The van der Waals surface area contributed by atoms with Crippen LogP contribution in [0.3, 0.4) is 0 Å². The van der Waals surface area contributed by atoms with Gasteiger partial charge in [0.25, 0.3) is 0 Å². The number of hydrogen-bond acceptors (Lipinski definition) is 3. The lowest BCUT2D eigenvalue weighted by Gasteiger charge is -2.22. The van der Waals surface area contributed by atoms with Crippen LogP contribution in [0, 0.1) is 25.2 Å². The van der Waals surface area contributed by atoms with Crippen LogP contribution in [0.1, 0.15) is 30.0 Å². The fourth-order valence-electron chi connectivity index (χ4n) is 1.72. The Morgan fingerprint density at radius 3 is 2.59 bits per heavy atom. The van der Waals surface area contributed by atoms with Crippen molar-refractivity contribution < 1.29 is 10.1 Å². The molecule has 3 heteroatoms. The molecule has 0 bridgehead atoms. The molecule has 0 aliphatic carbocycles. The predicted molar refractivity (Wildman–Crippen MR) is 66.4 cm³/mol. The third kappa shape index (κ3) is 2.86. The molecule has 17 heavy (non-hydrogen) atoms. The molecule has 0 spiro atoms. The lowest BCUT2D eigenvalue weighted by molar-refractivity contribution is -0.206. The molecule has 0 radical (unpaired) electrons. The molecule has 1 aromatic rings. The van der Waals surface area contributed by atoms with Crippen LogP contribution in [0.2, 0.25) is 0 Å². The lowest BCUT2D eigenvalue weighted by atomic mass is 9.79. The van der Waals surface area contributed by atoms with Gasteiger partial charge in [0.15, 0.2) is 0 Å². The first kappa shape index (κ1) is 13.3. The third-order valence-corrected chi connectivity index (χ3v) is 3.07. The van der Waals surface area contributed by atoms with E-state index in [1.807, 2.05) is 32.0 Å². The highest BCUT2D eigenvalue weighted by atomic mass is 17.1. The zero-order valence-electron chi connectivity index (χ0n) is 10.4. The Kier molecular flexibility index (Phi) is 3.93. The van der Waals surface area contributed by atoms with E-state index in [1.54, 1.807) is 6.92 Å². The van der Waals surface area contributed by atoms with E-state index in [0.717, 1.165) is 11.1 Å². The van der Waals surface area contributed by atoms with Crippen molar-refractivity contribution >= 4 is 0 Å². The molecule has 0 aromatic heterocycles. The highest BCUT2D eigenvalue weighted by Crippen LogP contribution is 2.31. The Morgan fingerprint density at radius 2 is 2.12 bits per heavy atom. The maximum atomic E-state index is 9.32. The summed E-state index contributed by atoms with van der Waals surface area (Å²) in [6.07, 6.45) is 0.266. The summed E-state index contributed by atoms with van der Waals surface area (Å²) in [4.78, 5) is 4.08. The van der Waals surface area contributed by atoms with Gasteiger partial charge in [-0.25, -0.2) is 5.26 Å². The first-order valence-corrected chi connectivity index (χ1v) is 5.41. The fourth-order valence-corrected chi connectivity index (χ4v) is 1.72. The number of allylic oxidation sites excluding steroid dienone is 1. The van der Waals surface area contributed by atoms with Crippen LogP contribution >= 0.6 is 0 Å². The molecule has 3 nitrogen and oxygen atoms in total. The van der Waals surface area contributed by atoms with Crippen LogP contribution < -0.4 is 0 Å². The second-order valence-electron chi connectivity index (χ2n) is 4.55. The molecular weight excluding hydrogens is 214 g/mol. The second-order valence-corrected chi connectivity index (χ2v) is 4.55. The molecule has 0 aliphatic heterocycles. The zero-order chi connectivity index (χ0) is 13.1. The van der Waals surface area contributed by atoms with E-state index in [-0.39, 0.29) is 12.2 Å². The molecule has 0 saturated carbocycles. The maximum absolute atomic E-state index is 9.32. The standard InChI is InChI=1S/C14H17NO2/c1-10-5-6-13(7-11(10)2)14(4,9-15)8-12(3)17-16/h5-7,16H,3,8H2,1-2,4H3/t14-/m1/s1. The summed E-state index contributed by atoms with van der Waals surface area (Å²) in [5, 5.41) is 17.8. The van der Waals surface area contributed by atoms with Crippen LogP contribution in [0.4, 0.5) is 0 Å². The molecule has 0 amide bonds. The average molecular weight is 231 g/mol. The van der Waals surface area contributed by atoms with Crippen molar-refractivity contribution in [1.82, 2.24) is 0 Å². The quantitative estimate of drug-likeness (QED) is 0.490. The number of hydrogen-bond donors (Lipinski definition) is 1. The van der Waals surface area contributed by atoms with E-state index in [0.29, 0.717) is 0 Å². The van der Waals surface area contributed by atoms with Crippen molar-refractivity contribution in [2.24, 2.45) is 0 Å². The molecule has 0 unspecified atom stereocenters. The first-order valence-electron chi connectivity index (χ1n) is 5.41. The van der Waals surface area contributed by atoms with Crippen molar-refractivity contribution in [1.29, 1.82) is 5.26 Å². The van der Waals surface area contributed by atoms with Crippen LogP contribution in [-0.2, 0) is 10.3 Å². The maximum Gasteiger partial charge on any atom is 0.136 e. The van der Waals surface area contributed by atoms with Gasteiger partial charge in [0.05, 0.1) is 11.5 Å². The van der Waals surface area contributed by atoms with Crippen molar-refractivity contribution in [3.8, 4) is 6.07 Å². The van der Waals surface area contributed by atoms with Crippen LogP contribution in [0.5, 0.6) is 0 Å². The summed E-state index contributed by atoms with van der Waals surface area (Å²) in [6.45, 7) is 9.39. The van der Waals surface area contributed by atoms with Gasteiger partial charge in [0, 0.05) is 6.42 Å². The molecule has 1 aromatic carbocycles. The van der Waals surface area contributed by atoms with Crippen molar-refractivity contribution in [2.45, 2.75) is 32.6 Å². The van der Waals surface area contributed by atoms with Gasteiger partial charge < -0.3 is 4.89 Å². The number of aryl methyl sites for hydroxylation is 2. The van der Waals surface area contributed by atoms with Gasteiger partial charge in [0.1, 0.15) is 5.76 Å². The Morgan fingerprint density at radius 1 is 1.47 bits per heavy atom. The average Bonchev–Trinajstić information content (AvgIpc) is 2.32. The Hall–Kier alpha value is -1.79. The predicted octanol–water partition coefficient (Wildman–Crippen LogP) is 3.48. The smallest absolute Gasteiger partial charge is 0.136 e. The molecule has 0 aliphatic rings. The molecule has 1 atom stereocenters. The van der Waals surface area contributed by atoms with E-state index >= 15 is 0 Å². The van der Waals surface area contributed by atoms with E-state index < -0.39 is 5.41 Å². The van der Waals surface area contributed by atoms with Crippen molar-refractivity contribution in [2.75, 3.05) is 0 Å². The number of rotatable bonds is 4. The zero-order valence-corrected chi connectivity index (χ0v) is 10.4. The number of benzene rings is 1. The summed E-state index contributed by atoms with van der Waals surface area (Å²) in [5.41, 5.74) is 2.49.